The van der Waals surface area contributed by atoms with Crippen molar-refractivity contribution in [2.24, 2.45) is 5.41 Å². The summed E-state index contributed by atoms with van der Waals surface area (Å²) in [4.78, 5) is 22.8. The molecule has 1 saturated heterocycles. The van der Waals surface area contributed by atoms with E-state index in [1.54, 1.807) is 18.7 Å². The first kappa shape index (κ1) is 15.3. The van der Waals surface area contributed by atoms with Crippen LogP contribution in [0.4, 0.5) is 0 Å². The number of rotatable bonds is 4. The van der Waals surface area contributed by atoms with Gasteiger partial charge in [-0.05, 0) is 50.3 Å². The largest absolute Gasteiger partial charge is 0.472 e. The number of hydrogen-bond acceptors (Lipinski definition) is 5. The Kier molecular flexibility index (Phi) is 4.06. The van der Waals surface area contributed by atoms with E-state index in [2.05, 4.69) is 20.2 Å². The van der Waals surface area contributed by atoms with Crippen molar-refractivity contribution >= 4 is 5.91 Å². The van der Waals surface area contributed by atoms with Crippen molar-refractivity contribution in [1.82, 2.24) is 20.2 Å². The number of hydrogen-bond donors (Lipinski definition) is 1. The van der Waals surface area contributed by atoms with Crippen LogP contribution in [0.2, 0.25) is 0 Å². The van der Waals surface area contributed by atoms with Crippen LogP contribution in [0.5, 0.6) is 0 Å². The lowest BCUT2D eigenvalue weighted by atomic mass is 9.59. The monoisotopic (exact) mass is 326 g/mol. The molecular formula is C18H22N4O2. The molecule has 2 aromatic heterocycles. The maximum Gasteiger partial charge on any atom is 0.271 e. The van der Waals surface area contributed by atoms with E-state index in [1.807, 2.05) is 12.3 Å². The minimum absolute atomic E-state index is 0.104. The third-order valence-electron chi connectivity index (χ3n) is 5.61. The predicted octanol–water partition coefficient (Wildman–Crippen LogP) is 2.24. The number of nitrogens with zero attached hydrogens (tertiary/aromatic N) is 3. The lowest BCUT2D eigenvalue weighted by Crippen LogP contribution is -2.59. The van der Waals surface area contributed by atoms with Crippen LogP contribution in [0.25, 0.3) is 0 Å². The molecule has 3 heterocycles. The number of furan rings is 1. The first-order valence-corrected chi connectivity index (χ1v) is 8.55. The van der Waals surface area contributed by atoms with Gasteiger partial charge in [0.05, 0.1) is 18.7 Å². The Balaban J connectivity index is 1.33. The van der Waals surface area contributed by atoms with Crippen LogP contribution in [0.15, 0.2) is 41.6 Å². The molecule has 2 aromatic rings. The fourth-order valence-electron chi connectivity index (χ4n) is 3.97. The quantitative estimate of drug-likeness (QED) is 0.933. The summed E-state index contributed by atoms with van der Waals surface area (Å²) in [5.74, 6) is -0.104. The van der Waals surface area contributed by atoms with E-state index < -0.39 is 0 Å². The van der Waals surface area contributed by atoms with Gasteiger partial charge in [-0.2, -0.15) is 0 Å². The molecule has 1 atom stereocenters. The molecule has 2 aliphatic rings. The number of amides is 1. The van der Waals surface area contributed by atoms with E-state index in [1.165, 1.54) is 18.2 Å². The lowest BCUT2D eigenvalue weighted by Gasteiger charge is -2.54. The van der Waals surface area contributed by atoms with E-state index in [4.69, 9.17) is 4.42 Å². The highest BCUT2D eigenvalue weighted by Gasteiger charge is 2.48. The summed E-state index contributed by atoms with van der Waals surface area (Å²) in [7, 11) is 0. The van der Waals surface area contributed by atoms with Gasteiger partial charge in [0.25, 0.3) is 5.91 Å². The van der Waals surface area contributed by atoms with Gasteiger partial charge in [-0.1, -0.05) is 0 Å². The van der Waals surface area contributed by atoms with E-state index in [0.29, 0.717) is 5.69 Å². The maximum atomic E-state index is 12.3. The number of piperidine rings is 1. The third kappa shape index (κ3) is 2.94. The molecule has 1 aliphatic carbocycles. The van der Waals surface area contributed by atoms with Gasteiger partial charge in [0, 0.05) is 30.5 Å². The number of carbonyl (C=O) groups excluding carboxylic acids is 1. The van der Waals surface area contributed by atoms with Crippen molar-refractivity contribution < 1.29 is 9.21 Å². The first-order chi connectivity index (χ1) is 11.8. The van der Waals surface area contributed by atoms with E-state index in [9.17, 15) is 4.79 Å². The Labute approximate surface area is 141 Å². The molecule has 24 heavy (non-hydrogen) atoms. The molecule has 6 nitrogen and oxygen atoms in total. The third-order valence-corrected chi connectivity index (χ3v) is 5.61. The highest BCUT2D eigenvalue weighted by Crippen LogP contribution is 2.49. The van der Waals surface area contributed by atoms with Gasteiger partial charge >= 0.3 is 0 Å². The van der Waals surface area contributed by atoms with Gasteiger partial charge in [0.15, 0.2) is 0 Å². The van der Waals surface area contributed by atoms with Crippen molar-refractivity contribution in [2.45, 2.75) is 38.3 Å². The Morgan fingerprint density at radius 2 is 2.21 bits per heavy atom. The first-order valence-electron chi connectivity index (χ1n) is 8.55. The van der Waals surface area contributed by atoms with Gasteiger partial charge in [-0.15, -0.1) is 0 Å². The van der Waals surface area contributed by atoms with Crippen molar-refractivity contribution in [3.63, 3.8) is 0 Å². The van der Waals surface area contributed by atoms with Gasteiger partial charge < -0.3 is 9.73 Å². The average Bonchev–Trinajstić information content (AvgIpc) is 3.13. The summed E-state index contributed by atoms with van der Waals surface area (Å²) in [5, 5.41) is 3.18. The molecule has 1 saturated carbocycles. The standard InChI is InChI=1S/C18H22N4O2/c23-17(15-11-19-6-7-20-15)21-16-1-3-18(16)4-8-22(9-5-18)12-14-2-10-24-13-14/h2,6-7,10-11,13,16H,1,3-5,8-9,12H2,(H,21,23)/t16-/m0/s1. The highest BCUT2D eigenvalue weighted by molar-refractivity contribution is 5.92. The SMILES string of the molecule is O=C(N[C@H]1CCC12CCN(Cc1ccoc1)CC2)c1cnccn1. The van der Waals surface area contributed by atoms with Crippen molar-refractivity contribution in [2.75, 3.05) is 13.1 Å². The molecule has 6 heteroatoms. The molecule has 4 rings (SSSR count). The molecule has 1 spiro atoms. The molecule has 0 unspecified atom stereocenters. The molecule has 0 radical (unpaired) electrons. The summed E-state index contributed by atoms with van der Waals surface area (Å²) in [6.45, 7) is 3.09. The van der Waals surface area contributed by atoms with Crippen LogP contribution in [0, 0.1) is 5.41 Å². The zero-order valence-corrected chi connectivity index (χ0v) is 13.6. The lowest BCUT2D eigenvalue weighted by molar-refractivity contribution is -0.00722. The Morgan fingerprint density at radius 1 is 1.33 bits per heavy atom. The van der Waals surface area contributed by atoms with Crippen LogP contribution in [0.3, 0.4) is 0 Å². The molecule has 0 aromatic carbocycles. The van der Waals surface area contributed by atoms with Crippen LogP contribution in [-0.2, 0) is 6.54 Å². The predicted molar refractivity (Wildman–Crippen MR) is 88.2 cm³/mol. The second kappa shape index (κ2) is 6.36. The molecule has 1 amide bonds. The normalized spacial score (nSPS) is 22.9. The molecule has 1 N–H and O–H groups in total. The molecular weight excluding hydrogens is 304 g/mol. The maximum absolute atomic E-state index is 12.3. The average molecular weight is 326 g/mol. The van der Waals surface area contributed by atoms with E-state index >= 15 is 0 Å². The Morgan fingerprint density at radius 3 is 2.83 bits per heavy atom. The summed E-state index contributed by atoms with van der Waals surface area (Å²) in [5.41, 5.74) is 1.90. The van der Waals surface area contributed by atoms with Gasteiger partial charge in [0.1, 0.15) is 5.69 Å². The molecule has 0 bridgehead atoms. The fourth-order valence-corrected chi connectivity index (χ4v) is 3.97. The van der Waals surface area contributed by atoms with Crippen molar-refractivity contribution in [3.8, 4) is 0 Å². The van der Waals surface area contributed by atoms with E-state index in [0.717, 1.165) is 38.9 Å². The van der Waals surface area contributed by atoms with Gasteiger partial charge in [-0.25, -0.2) is 4.98 Å². The molecule has 1 aliphatic heterocycles. The summed E-state index contributed by atoms with van der Waals surface area (Å²) >= 11 is 0. The number of nitrogens with one attached hydrogen (secondary N) is 1. The van der Waals surface area contributed by atoms with Gasteiger partial charge in [0.2, 0.25) is 0 Å². The minimum atomic E-state index is -0.104. The summed E-state index contributed by atoms with van der Waals surface area (Å²) < 4.78 is 5.15. The zero-order valence-electron chi connectivity index (χ0n) is 13.6. The topological polar surface area (TPSA) is 71.3 Å². The minimum Gasteiger partial charge on any atom is -0.472 e. The fraction of sp³-hybridized carbons (Fsp3) is 0.500. The Hall–Kier alpha value is -2.21. The smallest absolute Gasteiger partial charge is 0.271 e. The van der Waals surface area contributed by atoms with Crippen LogP contribution >= 0.6 is 0 Å². The van der Waals surface area contributed by atoms with Crippen LogP contribution in [-0.4, -0.2) is 39.9 Å². The number of carbonyl (C=O) groups is 1. The van der Waals surface area contributed by atoms with Crippen LogP contribution < -0.4 is 5.32 Å². The Bertz CT molecular complexity index is 678. The van der Waals surface area contributed by atoms with Crippen LogP contribution in [0.1, 0.15) is 41.7 Å². The van der Waals surface area contributed by atoms with Crippen molar-refractivity contribution in [1.29, 1.82) is 0 Å². The second-order valence-corrected chi connectivity index (χ2v) is 6.93. The number of aromatic nitrogens is 2. The molecule has 126 valence electrons. The summed E-state index contributed by atoms with van der Waals surface area (Å²) in [6, 6.07) is 2.29. The second-order valence-electron chi connectivity index (χ2n) is 6.93. The van der Waals surface area contributed by atoms with E-state index in [-0.39, 0.29) is 17.4 Å². The molecule has 2 fully saturated rings. The zero-order chi connectivity index (χ0) is 16.4. The van der Waals surface area contributed by atoms with Crippen molar-refractivity contribution in [3.05, 3.63) is 48.4 Å². The highest BCUT2D eigenvalue weighted by atomic mass is 16.3. The van der Waals surface area contributed by atoms with Gasteiger partial charge in [-0.3, -0.25) is 14.7 Å². The summed E-state index contributed by atoms with van der Waals surface area (Å²) in [6.07, 6.45) is 12.7. The number of likely N-dealkylation sites (tertiary alicyclic amines) is 1.